The summed E-state index contributed by atoms with van der Waals surface area (Å²) >= 11 is 0. The van der Waals surface area contributed by atoms with Gasteiger partial charge in [0.1, 0.15) is 6.29 Å². The van der Waals surface area contributed by atoms with Crippen molar-refractivity contribution in [2.75, 3.05) is 12.3 Å². The molecular formula is C15H28N4O2S2. The van der Waals surface area contributed by atoms with Gasteiger partial charge in [0, 0.05) is 24.0 Å². The second-order valence-electron chi connectivity index (χ2n) is 5.69. The van der Waals surface area contributed by atoms with Crippen molar-refractivity contribution in [3.8, 4) is 0 Å². The number of aldehydes is 1. The molecule has 0 spiro atoms. The van der Waals surface area contributed by atoms with Crippen LogP contribution in [0.5, 0.6) is 0 Å². The monoisotopic (exact) mass is 360 g/mol. The SMILES string of the molecule is NC(N)=NCCCC[C@@H](C=O)NC(=O)CCCC[C@@H]1CCSS1. The lowest BCUT2D eigenvalue weighted by molar-refractivity contribution is -0.124. The van der Waals surface area contributed by atoms with E-state index < -0.39 is 6.04 Å². The first-order valence-corrected chi connectivity index (χ1v) is 10.6. The van der Waals surface area contributed by atoms with Gasteiger partial charge in [-0.25, -0.2) is 0 Å². The van der Waals surface area contributed by atoms with Gasteiger partial charge in [0.25, 0.3) is 0 Å². The van der Waals surface area contributed by atoms with E-state index in [1.54, 1.807) is 0 Å². The summed E-state index contributed by atoms with van der Waals surface area (Å²) in [6.07, 6.45) is 7.99. The number of aliphatic imine (C=N–C) groups is 1. The standard InChI is InChI=1S/C15H28N4O2S2/c16-15(17)18-9-4-3-5-12(11-20)19-14(21)7-2-1-6-13-8-10-22-23-13/h11-13H,1-10H2,(H,19,21)(H4,16,17,18)/t12-,13+/m0/s1. The fourth-order valence-electron chi connectivity index (χ4n) is 2.36. The molecule has 1 aliphatic heterocycles. The largest absolute Gasteiger partial charge is 0.370 e. The van der Waals surface area contributed by atoms with Gasteiger partial charge in [0.15, 0.2) is 5.96 Å². The maximum atomic E-state index is 11.9. The lowest BCUT2D eigenvalue weighted by Gasteiger charge is -2.12. The van der Waals surface area contributed by atoms with E-state index in [9.17, 15) is 9.59 Å². The summed E-state index contributed by atoms with van der Waals surface area (Å²) in [4.78, 5) is 26.8. The summed E-state index contributed by atoms with van der Waals surface area (Å²) < 4.78 is 0. The van der Waals surface area contributed by atoms with Crippen molar-refractivity contribution < 1.29 is 9.59 Å². The van der Waals surface area contributed by atoms with Gasteiger partial charge in [0.05, 0.1) is 6.04 Å². The Balaban J connectivity index is 2.05. The maximum absolute atomic E-state index is 11.9. The van der Waals surface area contributed by atoms with Crippen molar-refractivity contribution >= 4 is 39.7 Å². The molecule has 0 unspecified atom stereocenters. The Morgan fingerprint density at radius 1 is 1.30 bits per heavy atom. The zero-order valence-electron chi connectivity index (χ0n) is 13.5. The van der Waals surface area contributed by atoms with E-state index in [-0.39, 0.29) is 11.9 Å². The molecule has 0 aromatic heterocycles. The van der Waals surface area contributed by atoms with Crippen LogP contribution in [0.2, 0.25) is 0 Å². The minimum atomic E-state index is -0.400. The van der Waals surface area contributed by atoms with Crippen LogP contribution in [0.4, 0.5) is 0 Å². The van der Waals surface area contributed by atoms with Crippen molar-refractivity contribution in [3.63, 3.8) is 0 Å². The third kappa shape index (κ3) is 10.5. The van der Waals surface area contributed by atoms with Crippen LogP contribution < -0.4 is 16.8 Å². The van der Waals surface area contributed by atoms with Crippen molar-refractivity contribution in [1.82, 2.24) is 5.32 Å². The lowest BCUT2D eigenvalue weighted by atomic mass is 10.1. The number of guanidine groups is 1. The Morgan fingerprint density at radius 3 is 2.78 bits per heavy atom. The number of carbonyl (C=O) groups is 2. The zero-order valence-corrected chi connectivity index (χ0v) is 15.2. The van der Waals surface area contributed by atoms with Crippen LogP contribution in [0, 0.1) is 0 Å². The summed E-state index contributed by atoms with van der Waals surface area (Å²) in [5.74, 6) is 1.31. The molecule has 0 saturated carbocycles. The molecule has 1 aliphatic rings. The predicted molar refractivity (Wildman–Crippen MR) is 99.4 cm³/mol. The van der Waals surface area contributed by atoms with Crippen molar-refractivity contribution in [3.05, 3.63) is 0 Å². The Labute approximate surface area is 146 Å². The van der Waals surface area contributed by atoms with Crippen LogP contribution in [0.15, 0.2) is 4.99 Å². The number of carbonyl (C=O) groups excluding carboxylic acids is 2. The minimum absolute atomic E-state index is 0.0280. The van der Waals surface area contributed by atoms with Crippen LogP contribution >= 0.6 is 21.6 Å². The van der Waals surface area contributed by atoms with Crippen LogP contribution in [0.25, 0.3) is 0 Å². The quantitative estimate of drug-likeness (QED) is 0.161. The Morgan fingerprint density at radius 2 is 2.13 bits per heavy atom. The van der Waals surface area contributed by atoms with Gasteiger partial charge in [-0.2, -0.15) is 0 Å². The van der Waals surface area contributed by atoms with E-state index in [2.05, 4.69) is 10.3 Å². The molecule has 1 fully saturated rings. The first-order chi connectivity index (χ1) is 11.1. The molecule has 0 aromatic rings. The van der Waals surface area contributed by atoms with Crippen LogP contribution in [0.1, 0.15) is 51.4 Å². The minimum Gasteiger partial charge on any atom is -0.370 e. The molecule has 23 heavy (non-hydrogen) atoms. The molecule has 0 aliphatic carbocycles. The van der Waals surface area contributed by atoms with Crippen LogP contribution in [0.3, 0.4) is 0 Å². The topological polar surface area (TPSA) is 111 Å². The highest BCUT2D eigenvalue weighted by molar-refractivity contribution is 8.77. The van der Waals surface area contributed by atoms with Gasteiger partial charge in [-0.3, -0.25) is 9.79 Å². The molecule has 8 heteroatoms. The van der Waals surface area contributed by atoms with Crippen molar-refractivity contribution in [2.45, 2.75) is 62.7 Å². The number of hydrogen-bond acceptors (Lipinski definition) is 5. The highest BCUT2D eigenvalue weighted by atomic mass is 33.1. The smallest absolute Gasteiger partial charge is 0.220 e. The molecule has 6 nitrogen and oxygen atoms in total. The Hall–Kier alpha value is -0.890. The first-order valence-electron chi connectivity index (χ1n) is 8.20. The van der Waals surface area contributed by atoms with Crippen LogP contribution in [-0.2, 0) is 9.59 Å². The van der Waals surface area contributed by atoms with E-state index in [4.69, 9.17) is 11.5 Å². The fourth-order valence-corrected chi connectivity index (χ4v) is 5.39. The lowest BCUT2D eigenvalue weighted by Crippen LogP contribution is -2.35. The number of unbranched alkanes of at least 4 members (excludes halogenated alkanes) is 2. The van der Waals surface area contributed by atoms with Crippen LogP contribution in [-0.4, -0.2) is 41.7 Å². The van der Waals surface area contributed by atoms with Crippen molar-refractivity contribution in [2.24, 2.45) is 16.5 Å². The number of nitrogens with zero attached hydrogens (tertiary/aromatic N) is 1. The normalized spacial score (nSPS) is 18.3. The molecule has 1 rings (SSSR count). The molecule has 1 heterocycles. The van der Waals surface area contributed by atoms with E-state index in [1.807, 2.05) is 21.6 Å². The number of rotatable bonds is 12. The Kier molecular flexibility index (Phi) is 11.0. The summed E-state index contributed by atoms with van der Waals surface area (Å²) in [5, 5.41) is 3.55. The third-order valence-corrected chi connectivity index (χ3v) is 6.64. The second-order valence-corrected chi connectivity index (χ2v) is 8.47. The molecule has 2 atom stereocenters. The molecule has 5 N–H and O–H groups in total. The molecule has 0 bridgehead atoms. The summed E-state index contributed by atoms with van der Waals surface area (Å²) in [6.45, 7) is 0.555. The van der Waals surface area contributed by atoms with E-state index >= 15 is 0 Å². The van der Waals surface area contributed by atoms with Gasteiger partial charge in [-0.15, -0.1) is 0 Å². The molecule has 132 valence electrons. The molecule has 1 saturated heterocycles. The highest BCUT2D eigenvalue weighted by Gasteiger charge is 2.16. The van der Waals surface area contributed by atoms with E-state index in [0.29, 0.717) is 19.4 Å². The van der Waals surface area contributed by atoms with Gasteiger partial charge in [-0.05, 0) is 38.5 Å². The van der Waals surface area contributed by atoms with E-state index in [1.165, 1.54) is 18.6 Å². The predicted octanol–water partition coefficient (Wildman–Crippen LogP) is 1.83. The number of amides is 1. The second kappa shape index (κ2) is 12.5. The average Bonchev–Trinajstić information content (AvgIpc) is 3.03. The molecule has 0 aromatic carbocycles. The first kappa shape index (κ1) is 20.2. The highest BCUT2D eigenvalue weighted by Crippen LogP contribution is 2.39. The number of nitrogens with one attached hydrogen (secondary N) is 1. The summed E-state index contributed by atoms with van der Waals surface area (Å²) in [7, 11) is 3.92. The molecule has 1 amide bonds. The van der Waals surface area contributed by atoms with Gasteiger partial charge >= 0.3 is 0 Å². The summed E-state index contributed by atoms with van der Waals surface area (Å²) in [5.41, 5.74) is 10.5. The number of nitrogens with two attached hydrogens (primary N) is 2. The third-order valence-electron chi connectivity index (χ3n) is 3.64. The fraction of sp³-hybridized carbons (Fsp3) is 0.800. The van der Waals surface area contributed by atoms with Gasteiger partial charge in [0.2, 0.25) is 5.91 Å². The Bertz CT molecular complexity index is 384. The molecule has 0 radical (unpaired) electrons. The average molecular weight is 361 g/mol. The molecular weight excluding hydrogens is 332 g/mol. The van der Waals surface area contributed by atoms with Crippen molar-refractivity contribution in [1.29, 1.82) is 0 Å². The zero-order chi connectivity index (χ0) is 16.9. The van der Waals surface area contributed by atoms with Gasteiger partial charge < -0.3 is 21.6 Å². The summed E-state index contributed by atoms with van der Waals surface area (Å²) in [6, 6.07) is -0.400. The van der Waals surface area contributed by atoms with E-state index in [0.717, 1.165) is 37.2 Å². The maximum Gasteiger partial charge on any atom is 0.220 e. The van der Waals surface area contributed by atoms with Gasteiger partial charge in [-0.1, -0.05) is 28.0 Å². The number of hydrogen-bond donors (Lipinski definition) is 3.